The fourth-order valence-electron chi connectivity index (χ4n) is 1.88. The molecule has 1 aromatic heterocycles. The lowest BCUT2D eigenvalue weighted by Crippen LogP contribution is -2.30. The molecule has 0 spiro atoms. The van der Waals surface area contributed by atoms with Crippen molar-refractivity contribution in [3.05, 3.63) is 45.9 Å². The molecule has 124 valence electrons. The van der Waals surface area contributed by atoms with Gasteiger partial charge in [-0.25, -0.2) is 4.98 Å². The van der Waals surface area contributed by atoms with Gasteiger partial charge in [0.05, 0.1) is 16.8 Å². The second-order valence-corrected chi connectivity index (χ2v) is 6.60. The molecule has 0 unspecified atom stereocenters. The first-order valence-corrected chi connectivity index (χ1v) is 8.47. The summed E-state index contributed by atoms with van der Waals surface area (Å²) in [6, 6.07) is 6.98. The number of amides is 1. The van der Waals surface area contributed by atoms with E-state index in [9.17, 15) is 9.90 Å². The molecule has 0 aliphatic carbocycles. The summed E-state index contributed by atoms with van der Waals surface area (Å²) in [4.78, 5) is 16.5. The third-order valence-electron chi connectivity index (χ3n) is 3.10. The Kier molecular flexibility index (Phi) is 6.12. The smallest absolute Gasteiger partial charge is 0.251 e. The lowest BCUT2D eigenvalue weighted by Gasteiger charge is -2.09. The number of benzene rings is 1. The maximum absolute atomic E-state index is 12.0. The summed E-state index contributed by atoms with van der Waals surface area (Å²) >= 11 is 1.63. The van der Waals surface area contributed by atoms with Crippen LogP contribution >= 0.6 is 11.3 Å². The van der Waals surface area contributed by atoms with Crippen molar-refractivity contribution < 1.29 is 14.6 Å². The molecule has 0 fully saturated rings. The minimum atomic E-state index is -0.571. The number of thiazole rings is 1. The van der Waals surface area contributed by atoms with Gasteiger partial charge in [0.2, 0.25) is 0 Å². The second kappa shape index (κ2) is 8.08. The van der Waals surface area contributed by atoms with Crippen LogP contribution in [0.2, 0.25) is 0 Å². The average molecular weight is 334 g/mol. The Hall–Kier alpha value is -1.92. The predicted octanol–water partition coefficient (Wildman–Crippen LogP) is 2.96. The Morgan fingerprint density at radius 3 is 2.83 bits per heavy atom. The Labute approximate surface area is 140 Å². The number of hydrogen-bond donors (Lipinski definition) is 2. The molecule has 23 heavy (non-hydrogen) atoms. The van der Waals surface area contributed by atoms with E-state index in [-0.39, 0.29) is 12.5 Å². The highest BCUT2D eigenvalue weighted by Crippen LogP contribution is 2.21. The summed E-state index contributed by atoms with van der Waals surface area (Å²) < 4.78 is 5.72. The van der Waals surface area contributed by atoms with E-state index in [0.717, 1.165) is 10.7 Å². The first-order valence-electron chi connectivity index (χ1n) is 7.59. The van der Waals surface area contributed by atoms with E-state index in [1.54, 1.807) is 42.5 Å². The Morgan fingerprint density at radius 1 is 1.39 bits per heavy atom. The molecule has 2 N–H and O–H groups in total. The van der Waals surface area contributed by atoms with Gasteiger partial charge in [0, 0.05) is 23.4 Å². The Bertz CT molecular complexity index is 653. The van der Waals surface area contributed by atoms with Crippen LogP contribution in [0.5, 0.6) is 5.75 Å². The van der Waals surface area contributed by atoms with Gasteiger partial charge in [-0.15, -0.1) is 11.3 Å². The zero-order valence-corrected chi connectivity index (χ0v) is 14.4. The molecule has 1 atom stereocenters. The van der Waals surface area contributed by atoms with Gasteiger partial charge in [-0.2, -0.15) is 0 Å². The molecular weight excluding hydrogens is 312 g/mol. The van der Waals surface area contributed by atoms with Crippen molar-refractivity contribution in [2.75, 3.05) is 6.54 Å². The van der Waals surface area contributed by atoms with Gasteiger partial charge in [0.15, 0.2) is 0 Å². The number of carbonyl (C=O) groups excluding carboxylic acids is 1. The van der Waals surface area contributed by atoms with E-state index in [1.165, 1.54) is 0 Å². The average Bonchev–Trinajstić information content (AvgIpc) is 3.00. The van der Waals surface area contributed by atoms with Crippen molar-refractivity contribution in [3.63, 3.8) is 0 Å². The first-order chi connectivity index (χ1) is 11.0. The second-order valence-electron chi connectivity index (χ2n) is 5.71. The van der Waals surface area contributed by atoms with E-state index < -0.39 is 6.10 Å². The van der Waals surface area contributed by atoms with E-state index in [4.69, 9.17) is 4.74 Å². The van der Waals surface area contributed by atoms with Crippen molar-refractivity contribution in [2.24, 2.45) is 0 Å². The zero-order valence-electron chi connectivity index (χ0n) is 13.6. The molecule has 5 nitrogen and oxygen atoms in total. The SMILES string of the molecule is CC(C)c1nc(COc2cccc(C(=O)NC[C@H](C)O)c2)cs1. The quantitative estimate of drug-likeness (QED) is 0.816. The van der Waals surface area contributed by atoms with Gasteiger partial charge in [-0.05, 0) is 25.1 Å². The van der Waals surface area contributed by atoms with Crippen LogP contribution in [0.25, 0.3) is 0 Å². The number of aliphatic hydroxyl groups excluding tert-OH is 1. The third-order valence-corrected chi connectivity index (χ3v) is 4.30. The number of nitrogens with zero attached hydrogens (tertiary/aromatic N) is 1. The summed E-state index contributed by atoms with van der Waals surface area (Å²) in [5, 5.41) is 15.0. The maximum atomic E-state index is 12.0. The minimum absolute atomic E-state index is 0.223. The van der Waals surface area contributed by atoms with Gasteiger partial charge < -0.3 is 15.2 Å². The largest absolute Gasteiger partial charge is 0.487 e. The molecular formula is C17H22N2O3S. The lowest BCUT2D eigenvalue weighted by molar-refractivity contribution is 0.0923. The fourth-order valence-corrected chi connectivity index (χ4v) is 2.70. The van der Waals surface area contributed by atoms with Gasteiger partial charge in [0.25, 0.3) is 5.91 Å². The number of ether oxygens (including phenoxy) is 1. The number of carbonyl (C=O) groups is 1. The van der Waals surface area contributed by atoms with Crippen LogP contribution in [0.1, 0.15) is 47.7 Å². The number of hydrogen-bond acceptors (Lipinski definition) is 5. The van der Waals surface area contributed by atoms with E-state index in [2.05, 4.69) is 24.1 Å². The highest BCUT2D eigenvalue weighted by Gasteiger charge is 2.09. The monoisotopic (exact) mass is 334 g/mol. The van der Waals surface area contributed by atoms with Crippen molar-refractivity contribution in [2.45, 2.75) is 39.4 Å². The highest BCUT2D eigenvalue weighted by molar-refractivity contribution is 7.09. The molecule has 0 bridgehead atoms. The van der Waals surface area contributed by atoms with E-state index in [0.29, 0.717) is 23.8 Å². The number of aliphatic hydroxyl groups is 1. The van der Waals surface area contributed by atoms with E-state index >= 15 is 0 Å². The summed E-state index contributed by atoms with van der Waals surface area (Å²) in [5.41, 5.74) is 1.40. The van der Waals surface area contributed by atoms with Gasteiger partial charge in [-0.1, -0.05) is 19.9 Å². The van der Waals surface area contributed by atoms with Crippen LogP contribution in [-0.4, -0.2) is 28.6 Å². The molecule has 0 saturated carbocycles. The fraction of sp³-hybridized carbons (Fsp3) is 0.412. The van der Waals surface area contributed by atoms with Gasteiger partial charge in [-0.3, -0.25) is 4.79 Å². The highest BCUT2D eigenvalue weighted by atomic mass is 32.1. The third kappa shape index (κ3) is 5.33. The molecule has 1 aromatic carbocycles. The zero-order chi connectivity index (χ0) is 16.8. The van der Waals surface area contributed by atoms with Crippen molar-refractivity contribution >= 4 is 17.2 Å². The summed E-state index contributed by atoms with van der Waals surface area (Å²) in [6.07, 6.45) is -0.571. The number of aromatic nitrogens is 1. The predicted molar refractivity (Wildman–Crippen MR) is 91.0 cm³/mol. The molecule has 1 heterocycles. The van der Waals surface area contributed by atoms with Crippen LogP contribution in [0.3, 0.4) is 0 Å². The van der Waals surface area contributed by atoms with E-state index in [1.807, 2.05) is 5.38 Å². The van der Waals surface area contributed by atoms with Crippen molar-refractivity contribution in [3.8, 4) is 5.75 Å². The molecule has 6 heteroatoms. The molecule has 0 aliphatic rings. The van der Waals surface area contributed by atoms with Crippen LogP contribution < -0.4 is 10.1 Å². The van der Waals surface area contributed by atoms with Gasteiger partial charge >= 0.3 is 0 Å². The molecule has 0 aliphatic heterocycles. The Morgan fingerprint density at radius 2 is 2.17 bits per heavy atom. The molecule has 1 amide bonds. The maximum Gasteiger partial charge on any atom is 0.251 e. The number of rotatable bonds is 7. The molecule has 0 saturated heterocycles. The van der Waals surface area contributed by atoms with Crippen LogP contribution in [0.15, 0.2) is 29.6 Å². The molecule has 0 radical (unpaired) electrons. The summed E-state index contributed by atoms with van der Waals surface area (Å²) in [6.45, 7) is 6.44. The normalized spacial score (nSPS) is 12.2. The van der Waals surface area contributed by atoms with Gasteiger partial charge in [0.1, 0.15) is 12.4 Å². The van der Waals surface area contributed by atoms with Crippen LogP contribution in [0, 0.1) is 0 Å². The lowest BCUT2D eigenvalue weighted by atomic mass is 10.2. The Balaban J connectivity index is 1.95. The van der Waals surface area contributed by atoms with Crippen LogP contribution in [0.4, 0.5) is 0 Å². The molecule has 2 aromatic rings. The first kappa shape index (κ1) is 17.4. The minimum Gasteiger partial charge on any atom is -0.487 e. The summed E-state index contributed by atoms with van der Waals surface area (Å²) in [7, 11) is 0. The van der Waals surface area contributed by atoms with Crippen molar-refractivity contribution in [1.29, 1.82) is 0 Å². The molecule has 2 rings (SSSR count). The van der Waals surface area contributed by atoms with Crippen molar-refractivity contribution in [1.82, 2.24) is 10.3 Å². The summed E-state index contributed by atoms with van der Waals surface area (Å²) in [5.74, 6) is 0.801. The van der Waals surface area contributed by atoms with Crippen LogP contribution in [-0.2, 0) is 6.61 Å². The standard InChI is InChI=1S/C17H22N2O3S/c1-11(2)17-19-14(10-23-17)9-22-15-6-4-5-13(7-15)16(21)18-8-12(3)20/h4-7,10-12,20H,8-9H2,1-3H3,(H,18,21)/t12-/m0/s1. The topological polar surface area (TPSA) is 71.5 Å². The number of nitrogens with one attached hydrogen (secondary N) is 1.